The summed E-state index contributed by atoms with van der Waals surface area (Å²) in [4.78, 5) is 12.2. The van der Waals surface area contributed by atoms with Gasteiger partial charge in [-0.25, -0.2) is 14.0 Å². The highest BCUT2D eigenvalue weighted by Gasteiger charge is 2.13. The SMILES string of the molecule is COc1nn(C)c(=O)n1Cc1cc(-c2ccc(Cl)cc2)ccc1C. The summed E-state index contributed by atoms with van der Waals surface area (Å²) in [5.74, 6) is 0. The highest BCUT2D eigenvalue weighted by molar-refractivity contribution is 6.30. The van der Waals surface area contributed by atoms with Gasteiger partial charge in [0.2, 0.25) is 0 Å². The van der Waals surface area contributed by atoms with Crippen molar-refractivity contribution in [3.8, 4) is 17.1 Å². The van der Waals surface area contributed by atoms with Gasteiger partial charge in [-0.3, -0.25) is 0 Å². The van der Waals surface area contributed by atoms with Crippen molar-refractivity contribution in [2.75, 3.05) is 7.11 Å². The van der Waals surface area contributed by atoms with E-state index in [1.54, 1.807) is 7.05 Å². The van der Waals surface area contributed by atoms with Gasteiger partial charge in [-0.2, -0.15) is 0 Å². The van der Waals surface area contributed by atoms with E-state index in [0.29, 0.717) is 17.6 Å². The Morgan fingerprint density at radius 1 is 1.12 bits per heavy atom. The first-order valence-electron chi connectivity index (χ1n) is 7.53. The molecule has 5 nitrogen and oxygen atoms in total. The number of aryl methyl sites for hydroxylation is 2. The van der Waals surface area contributed by atoms with Gasteiger partial charge in [0, 0.05) is 12.1 Å². The van der Waals surface area contributed by atoms with E-state index in [1.807, 2.05) is 37.3 Å². The van der Waals surface area contributed by atoms with Gasteiger partial charge in [0.25, 0.3) is 0 Å². The van der Waals surface area contributed by atoms with Crippen LogP contribution in [0.25, 0.3) is 11.1 Å². The molecule has 0 aliphatic carbocycles. The van der Waals surface area contributed by atoms with Crippen LogP contribution in [0.2, 0.25) is 5.02 Å². The molecule has 0 N–H and O–H groups in total. The zero-order valence-electron chi connectivity index (χ0n) is 13.8. The number of nitrogens with zero attached hydrogens (tertiary/aromatic N) is 3. The van der Waals surface area contributed by atoms with Gasteiger partial charge in [-0.1, -0.05) is 35.9 Å². The molecule has 0 radical (unpaired) electrons. The summed E-state index contributed by atoms with van der Waals surface area (Å²) < 4.78 is 8.00. The lowest BCUT2D eigenvalue weighted by Crippen LogP contribution is -2.23. The summed E-state index contributed by atoms with van der Waals surface area (Å²) in [5, 5.41) is 4.78. The van der Waals surface area contributed by atoms with E-state index in [-0.39, 0.29) is 5.69 Å². The van der Waals surface area contributed by atoms with Crippen LogP contribution in [-0.2, 0) is 13.6 Å². The summed E-state index contributed by atoms with van der Waals surface area (Å²) in [7, 11) is 3.12. The van der Waals surface area contributed by atoms with Gasteiger partial charge in [0.15, 0.2) is 0 Å². The predicted octanol–water partition coefficient (Wildman–Crippen LogP) is 3.27. The fraction of sp³-hybridized carbons (Fsp3) is 0.222. The molecule has 0 saturated heterocycles. The molecule has 0 bridgehead atoms. The van der Waals surface area contributed by atoms with Crippen molar-refractivity contribution in [1.82, 2.24) is 14.3 Å². The molecule has 6 heteroatoms. The molecule has 0 fully saturated rings. The van der Waals surface area contributed by atoms with Crippen LogP contribution in [0.5, 0.6) is 6.01 Å². The Balaban J connectivity index is 2.01. The molecule has 0 atom stereocenters. The first-order valence-corrected chi connectivity index (χ1v) is 7.90. The van der Waals surface area contributed by atoms with Crippen LogP contribution >= 0.6 is 11.6 Å². The Hall–Kier alpha value is -2.53. The van der Waals surface area contributed by atoms with Crippen LogP contribution < -0.4 is 10.4 Å². The molecule has 0 unspecified atom stereocenters. The van der Waals surface area contributed by atoms with Crippen LogP contribution in [0.3, 0.4) is 0 Å². The minimum atomic E-state index is -0.205. The predicted molar refractivity (Wildman–Crippen MR) is 94.7 cm³/mol. The zero-order chi connectivity index (χ0) is 17.3. The second kappa shape index (κ2) is 6.53. The Morgan fingerprint density at radius 2 is 1.79 bits per heavy atom. The van der Waals surface area contributed by atoms with Gasteiger partial charge < -0.3 is 4.74 Å². The number of methoxy groups -OCH3 is 1. The summed E-state index contributed by atoms with van der Waals surface area (Å²) in [6, 6.07) is 14.2. The molecule has 124 valence electrons. The highest BCUT2D eigenvalue weighted by Crippen LogP contribution is 2.24. The Labute approximate surface area is 145 Å². The van der Waals surface area contributed by atoms with Crippen molar-refractivity contribution in [2.45, 2.75) is 13.5 Å². The van der Waals surface area contributed by atoms with Gasteiger partial charge >= 0.3 is 11.7 Å². The standard InChI is InChI=1S/C18H18ClN3O2/c1-12-4-5-14(13-6-8-16(19)9-7-13)10-15(12)11-22-17(24-3)20-21(2)18(22)23/h4-10H,11H2,1-3H3. The van der Waals surface area contributed by atoms with E-state index in [2.05, 4.69) is 17.2 Å². The fourth-order valence-electron chi connectivity index (χ4n) is 2.60. The number of hydrogen-bond acceptors (Lipinski definition) is 3. The maximum Gasteiger partial charge on any atom is 0.348 e. The maximum atomic E-state index is 12.2. The normalized spacial score (nSPS) is 10.8. The summed E-state index contributed by atoms with van der Waals surface area (Å²) in [6.45, 7) is 2.43. The third-order valence-electron chi connectivity index (χ3n) is 4.01. The maximum absolute atomic E-state index is 12.2. The van der Waals surface area contributed by atoms with Crippen molar-refractivity contribution in [3.63, 3.8) is 0 Å². The summed E-state index contributed by atoms with van der Waals surface area (Å²) >= 11 is 5.95. The van der Waals surface area contributed by atoms with E-state index in [0.717, 1.165) is 22.3 Å². The van der Waals surface area contributed by atoms with Crippen LogP contribution in [-0.4, -0.2) is 21.5 Å². The Bertz CT molecular complexity index is 926. The number of ether oxygens (including phenoxy) is 1. The fourth-order valence-corrected chi connectivity index (χ4v) is 2.73. The van der Waals surface area contributed by atoms with E-state index < -0.39 is 0 Å². The van der Waals surface area contributed by atoms with Crippen LogP contribution in [0.1, 0.15) is 11.1 Å². The number of rotatable bonds is 4. The van der Waals surface area contributed by atoms with E-state index in [9.17, 15) is 4.79 Å². The molecular weight excluding hydrogens is 326 g/mol. The second-order valence-corrected chi connectivity index (χ2v) is 6.06. The molecular formula is C18H18ClN3O2. The third-order valence-corrected chi connectivity index (χ3v) is 4.26. The summed E-state index contributed by atoms with van der Waals surface area (Å²) in [6.07, 6.45) is 0. The Morgan fingerprint density at radius 3 is 2.46 bits per heavy atom. The van der Waals surface area contributed by atoms with E-state index >= 15 is 0 Å². The monoisotopic (exact) mass is 343 g/mol. The van der Waals surface area contributed by atoms with Gasteiger partial charge in [-0.05, 0) is 47.4 Å². The molecule has 3 aromatic rings. The van der Waals surface area contributed by atoms with E-state index in [1.165, 1.54) is 16.4 Å². The number of halogens is 1. The van der Waals surface area contributed by atoms with Crippen molar-refractivity contribution >= 4 is 11.6 Å². The molecule has 3 rings (SSSR count). The van der Waals surface area contributed by atoms with Crippen molar-refractivity contribution in [3.05, 3.63) is 69.1 Å². The zero-order valence-corrected chi connectivity index (χ0v) is 14.5. The minimum Gasteiger partial charge on any atom is -0.467 e. The third kappa shape index (κ3) is 3.08. The topological polar surface area (TPSA) is 49.1 Å². The molecule has 1 aromatic heterocycles. The first-order chi connectivity index (χ1) is 11.5. The molecule has 0 saturated carbocycles. The van der Waals surface area contributed by atoms with E-state index in [4.69, 9.17) is 16.3 Å². The van der Waals surface area contributed by atoms with Crippen LogP contribution in [0, 0.1) is 6.92 Å². The molecule has 0 aliphatic rings. The largest absolute Gasteiger partial charge is 0.467 e. The van der Waals surface area contributed by atoms with Crippen molar-refractivity contribution in [2.24, 2.45) is 7.05 Å². The number of benzene rings is 2. The van der Waals surface area contributed by atoms with Crippen LogP contribution in [0.15, 0.2) is 47.3 Å². The lowest BCUT2D eigenvalue weighted by atomic mass is 10.00. The molecule has 24 heavy (non-hydrogen) atoms. The average molecular weight is 344 g/mol. The lowest BCUT2D eigenvalue weighted by molar-refractivity contribution is 0.357. The Kier molecular flexibility index (Phi) is 4.44. The second-order valence-electron chi connectivity index (χ2n) is 5.63. The quantitative estimate of drug-likeness (QED) is 0.730. The number of aromatic nitrogens is 3. The van der Waals surface area contributed by atoms with Gasteiger partial charge in [0.1, 0.15) is 0 Å². The minimum absolute atomic E-state index is 0.205. The molecule has 0 amide bonds. The van der Waals surface area contributed by atoms with Gasteiger partial charge in [0.05, 0.1) is 13.7 Å². The molecule has 0 spiro atoms. The van der Waals surface area contributed by atoms with Crippen molar-refractivity contribution < 1.29 is 4.74 Å². The molecule has 0 aliphatic heterocycles. The summed E-state index contributed by atoms with van der Waals surface area (Å²) in [5.41, 5.74) is 4.08. The first kappa shape index (κ1) is 16.3. The van der Waals surface area contributed by atoms with Crippen LogP contribution in [0.4, 0.5) is 0 Å². The smallest absolute Gasteiger partial charge is 0.348 e. The lowest BCUT2D eigenvalue weighted by Gasteiger charge is -2.10. The average Bonchev–Trinajstić information content (AvgIpc) is 2.85. The number of hydrogen-bond donors (Lipinski definition) is 0. The van der Waals surface area contributed by atoms with Crippen molar-refractivity contribution in [1.29, 1.82) is 0 Å². The molecule has 1 heterocycles. The highest BCUT2D eigenvalue weighted by atomic mass is 35.5. The van der Waals surface area contributed by atoms with Gasteiger partial charge in [-0.15, -0.1) is 5.10 Å². The molecule has 2 aromatic carbocycles.